The van der Waals surface area contributed by atoms with E-state index in [-0.39, 0.29) is 17.9 Å². The summed E-state index contributed by atoms with van der Waals surface area (Å²) in [5.41, 5.74) is 1.42. The van der Waals surface area contributed by atoms with Gasteiger partial charge in [-0.05, 0) is 29.8 Å². The van der Waals surface area contributed by atoms with Gasteiger partial charge in [0.05, 0.1) is 13.2 Å². The summed E-state index contributed by atoms with van der Waals surface area (Å²) in [6.07, 6.45) is 0. The Labute approximate surface area is 169 Å². The minimum absolute atomic E-state index is 0.0338. The van der Waals surface area contributed by atoms with Crippen LogP contribution in [0, 0.1) is 11.8 Å². The first kappa shape index (κ1) is 19.2. The average molecular weight is 395 g/mol. The molecule has 4 rings (SSSR count). The Kier molecular flexibility index (Phi) is 5.08. The van der Waals surface area contributed by atoms with E-state index in [0.717, 1.165) is 36.8 Å². The van der Waals surface area contributed by atoms with Crippen LogP contribution in [0.5, 0.6) is 5.75 Å². The SMILES string of the molecule is CNC(=O)c1ccc(N2C[C@@H]3CN(C(C)=O)[C@@H](c4ccc(OC)cc4)[C@@H]3C2)nn1. The number of aromatic nitrogens is 2. The third kappa shape index (κ3) is 3.50. The first-order valence-corrected chi connectivity index (χ1v) is 9.73. The number of ether oxygens (including phenoxy) is 1. The fourth-order valence-corrected chi connectivity index (χ4v) is 4.53. The molecule has 0 saturated carbocycles. The van der Waals surface area contributed by atoms with Crippen molar-refractivity contribution in [2.45, 2.75) is 13.0 Å². The van der Waals surface area contributed by atoms with Crippen molar-refractivity contribution in [3.05, 3.63) is 47.7 Å². The van der Waals surface area contributed by atoms with Crippen molar-refractivity contribution in [1.82, 2.24) is 20.4 Å². The summed E-state index contributed by atoms with van der Waals surface area (Å²) in [6, 6.07) is 11.5. The molecular weight excluding hydrogens is 370 g/mol. The minimum atomic E-state index is -0.251. The first-order chi connectivity index (χ1) is 14.0. The van der Waals surface area contributed by atoms with Crippen LogP contribution in [0.3, 0.4) is 0 Å². The smallest absolute Gasteiger partial charge is 0.271 e. The highest BCUT2D eigenvalue weighted by Gasteiger charge is 2.48. The molecule has 1 aromatic carbocycles. The van der Waals surface area contributed by atoms with Crippen LogP contribution in [0.25, 0.3) is 0 Å². The summed E-state index contributed by atoms with van der Waals surface area (Å²) >= 11 is 0. The third-order valence-electron chi connectivity index (χ3n) is 5.96. The van der Waals surface area contributed by atoms with Crippen LogP contribution < -0.4 is 15.0 Å². The van der Waals surface area contributed by atoms with E-state index < -0.39 is 0 Å². The molecule has 2 fully saturated rings. The highest BCUT2D eigenvalue weighted by Crippen LogP contribution is 2.45. The van der Waals surface area contributed by atoms with Gasteiger partial charge in [0, 0.05) is 45.4 Å². The lowest BCUT2D eigenvalue weighted by atomic mass is 9.89. The van der Waals surface area contributed by atoms with E-state index in [4.69, 9.17) is 4.74 Å². The van der Waals surface area contributed by atoms with Crippen molar-refractivity contribution in [3.8, 4) is 5.75 Å². The maximum absolute atomic E-state index is 12.3. The lowest BCUT2D eigenvalue weighted by Gasteiger charge is -2.29. The second-order valence-electron chi connectivity index (χ2n) is 7.57. The van der Waals surface area contributed by atoms with Gasteiger partial charge in [0.1, 0.15) is 5.75 Å². The van der Waals surface area contributed by atoms with Crippen LogP contribution in [-0.4, -0.2) is 60.7 Å². The Morgan fingerprint density at radius 1 is 1.07 bits per heavy atom. The molecular formula is C21H25N5O3. The number of benzene rings is 1. The number of nitrogens with zero attached hydrogens (tertiary/aromatic N) is 4. The van der Waals surface area contributed by atoms with Crippen molar-refractivity contribution in [2.75, 3.05) is 38.7 Å². The van der Waals surface area contributed by atoms with E-state index in [1.54, 1.807) is 27.1 Å². The number of fused-ring (bicyclic) bond motifs is 1. The molecule has 152 valence electrons. The predicted molar refractivity (Wildman–Crippen MR) is 108 cm³/mol. The van der Waals surface area contributed by atoms with Crippen LogP contribution in [0.15, 0.2) is 36.4 Å². The first-order valence-electron chi connectivity index (χ1n) is 9.73. The molecule has 29 heavy (non-hydrogen) atoms. The monoisotopic (exact) mass is 395 g/mol. The van der Waals surface area contributed by atoms with Crippen LogP contribution in [-0.2, 0) is 4.79 Å². The molecule has 1 aromatic heterocycles. The van der Waals surface area contributed by atoms with Crippen LogP contribution in [0.4, 0.5) is 5.82 Å². The molecule has 3 atom stereocenters. The van der Waals surface area contributed by atoms with E-state index in [2.05, 4.69) is 20.4 Å². The third-order valence-corrected chi connectivity index (χ3v) is 5.96. The highest BCUT2D eigenvalue weighted by atomic mass is 16.5. The van der Waals surface area contributed by atoms with Crippen LogP contribution >= 0.6 is 0 Å². The molecule has 0 radical (unpaired) electrons. The van der Waals surface area contributed by atoms with Gasteiger partial charge in [-0.2, -0.15) is 0 Å². The maximum atomic E-state index is 12.3. The van der Waals surface area contributed by atoms with Gasteiger partial charge in [0.2, 0.25) is 5.91 Å². The Bertz CT molecular complexity index is 900. The zero-order valence-corrected chi connectivity index (χ0v) is 16.8. The number of carbonyl (C=O) groups is 2. The normalized spacial score (nSPS) is 23.1. The van der Waals surface area contributed by atoms with Gasteiger partial charge >= 0.3 is 0 Å². The quantitative estimate of drug-likeness (QED) is 0.844. The fraction of sp³-hybridized carbons (Fsp3) is 0.429. The molecule has 0 unspecified atom stereocenters. The number of methoxy groups -OCH3 is 1. The molecule has 2 amide bonds. The van der Waals surface area contributed by atoms with Crippen molar-refractivity contribution in [2.24, 2.45) is 11.8 Å². The number of hydrogen-bond donors (Lipinski definition) is 1. The summed E-state index contributed by atoms with van der Waals surface area (Å²) in [5.74, 6) is 2.09. The molecule has 0 aliphatic carbocycles. The zero-order valence-electron chi connectivity index (χ0n) is 16.8. The predicted octanol–water partition coefficient (Wildman–Crippen LogP) is 1.50. The van der Waals surface area contributed by atoms with Crippen molar-refractivity contribution in [3.63, 3.8) is 0 Å². The highest BCUT2D eigenvalue weighted by molar-refractivity contribution is 5.91. The second-order valence-corrected chi connectivity index (χ2v) is 7.57. The number of nitrogens with one attached hydrogen (secondary N) is 1. The standard InChI is InChI=1S/C21H25N5O3/c1-13(27)26-11-15-10-25(19-9-8-18(23-24-19)21(28)22-2)12-17(15)20(26)14-4-6-16(29-3)7-5-14/h4-9,15,17,20H,10-12H2,1-3H3,(H,22,28)/t15-,17-,20+/m1/s1. The zero-order chi connectivity index (χ0) is 20.5. The lowest BCUT2D eigenvalue weighted by molar-refractivity contribution is -0.130. The molecule has 2 saturated heterocycles. The largest absolute Gasteiger partial charge is 0.497 e. The van der Waals surface area contributed by atoms with Gasteiger partial charge in [0.25, 0.3) is 5.91 Å². The Morgan fingerprint density at radius 3 is 2.41 bits per heavy atom. The number of hydrogen-bond acceptors (Lipinski definition) is 6. The Balaban J connectivity index is 1.56. The van der Waals surface area contributed by atoms with E-state index in [1.165, 1.54) is 0 Å². The summed E-state index contributed by atoms with van der Waals surface area (Å²) < 4.78 is 5.27. The lowest BCUT2D eigenvalue weighted by Crippen LogP contribution is -2.34. The Morgan fingerprint density at radius 2 is 1.83 bits per heavy atom. The fourth-order valence-electron chi connectivity index (χ4n) is 4.53. The molecule has 8 heteroatoms. The van der Waals surface area contributed by atoms with Crippen molar-refractivity contribution in [1.29, 1.82) is 0 Å². The topological polar surface area (TPSA) is 87.7 Å². The second kappa shape index (κ2) is 7.69. The summed E-state index contributed by atoms with van der Waals surface area (Å²) in [5, 5.41) is 10.8. The number of anilines is 1. The molecule has 1 N–H and O–H groups in total. The van der Waals surface area contributed by atoms with Crippen molar-refractivity contribution < 1.29 is 14.3 Å². The molecule has 3 heterocycles. The average Bonchev–Trinajstić information content (AvgIpc) is 3.31. The number of rotatable bonds is 4. The number of amides is 2. The minimum Gasteiger partial charge on any atom is -0.497 e. The van der Waals surface area contributed by atoms with Crippen molar-refractivity contribution >= 4 is 17.6 Å². The van der Waals surface area contributed by atoms with E-state index in [0.29, 0.717) is 17.5 Å². The summed E-state index contributed by atoms with van der Waals surface area (Å²) in [4.78, 5) is 28.1. The van der Waals surface area contributed by atoms with Gasteiger partial charge in [-0.15, -0.1) is 10.2 Å². The molecule has 2 aliphatic heterocycles. The van der Waals surface area contributed by atoms with Gasteiger partial charge in [-0.1, -0.05) is 12.1 Å². The van der Waals surface area contributed by atoms with E-state index >= 15 is 0 Å². The van der Waals surface area contributed by atoms with E-state index in [1.807, 2.05) is 35.2 Å². The maximum Gasteiger partial charge on any atom is 0.271 e. The summed E-state index contributed by atoms with van der Waals surface area (Å²) in [7, 11) is 3.22. The molecule has 2 aromatic rings. The number of carbonyl (C=O) groups excluding carboxylic acids is 2. The van der Waals surface area contributed by atoms with Crippen LogP contribution in [0.1, 0.15) is 29.0 Å². The van der Waals surface area contributed by atoms with E-state index in [9.17, 15) is 9.59 Å². The van der Waals surface area contributed by atoms with Gasteiger partial charge in [-0.25, -0.2) is 0 Å². The number of likely N-dealkylation sites (tertiary alicyclic amines) is 1. The van der Waals surface area contributed by atoms with Crippen LogP contribution in [0.2, 0.25) is 0 Å². The molecule has 2 aliphatic rings. The summed E-state index contributed by atoms with van der Waals surface area (Å²) in [6.45, 7) is 3.98. The van der Waals surface area contributed by atoms with Gasteiger partial charge in [-0.3, -0.25) is 9.59 Å². The molecule has 8 nitrogen and oxygen atoms in total. The van der Waals surface area contributed by atoms with Gasteiger partial charge in [0.15, 0.2) is 11.5 Å². The molecule has 0 bridgehead atoms. The van der Waals surface area contributed by atoms with Gasteiger partial charge < -0.3 is 19.9 Å². The Hall–Kier alpha value is -3.16. The molecule has 0 spiro atoms.